The third-order valence-electron chi connectivity index (χ3n) is 5.25. The molecule has 0 N–H and O–H groups in total. The van der Waals surface area contributed by atoms with Crippen molar-refractivity contribution in [1.29, 1.82) is 0 Å². The highest BCUT2D eigenvalue weighted by Crippen LogP contribution is 2.48. The van der Waals surface area contributed by atoms with Gasteiger partial charge in [0.15, 0.2) is 0 Å². The number of benzene rings is 2. The van der Waals surface area contributed by atoms with Crippen LogP contribution in [-0.4, -0.2) is 30.6 Å². The van der Waals surface area contributed by atoms with Crippen molar-refractivity contribution in [1.82, 2.24) is 4.90 Å². The monoisotopic (exact) mass is 306 g/mol. The van der Waals surface area contributed by atoms with Gasteiger partial charge in [-0.1, -0.05) is 50.2 Å². The quantitative estimate of drug-likeness (QED) is 0.814. The van der Waals surface area contributed by atoms with Gasteiger partial charge in [-0.05, 0) is 36.1 Å². The number of hydrogen-bond donors (Lipinski definition) is 0. The Kier molecular flexibility index (Phi) is 3.86. The number of nitrogens with zero attached hydrogens (tertiary/aromatic N) is 2. The summed E-state index contributed by atoms with van der Waals surface area (Å²) in [6.45, 7) is 8.28. The highest BCUT2D eigenvalue weighted by atomic mass is 15.2. The van der Waals surface area contributed by atoms with Crippen LogP contribution in [-0.2, 0) is 0 Å². The largest absolute Gasteiger partial charge is 0.337 e. The molecule has 0 saturated carbocycles. The van der Waals surface area contributed by atoms with E-state index in [9.17, 15) is 0 Å². The lowest BCUT2D eigenvalue weighted by Crippen LogP contribution is -2.45. The number of hydrogen-bond acceptors (Lipinski definition) is 2. The van der Waals surface area contributed by atoms with Crippen molar-refractivity contribution in [2.45, 2.75) is 32.2 Å². The van der Waals surface area contributed by atoms with Crippen LogP contribution in [0.5, 0.6) is 0 Å². The van der Waals surface area contributed by atoms with E-state index < -0.39 is 0 Å². The van der Waals surface area contributed by atoms with Gasteiger partial charge in [0, 0.05) is 43.0 Å². The van der Waals surface area contributed by atoms with Gasteiger partial charge in [0.1, 0.15) is 0 Å². The van der Waals surface area contributed by atoms with E-state index in [-0.39, 0.29) is 0 Å². The summed E-state index contributed by atoms with van der Waals surface area (Å²) >= 11 is 0. The van der Waals surface area contributed by atoms with E-state index in [1.54, 1.807) is 0 Å². The molecule has 2 heterocycles. The van der Waals surface area contributed by atoms with Crippen LogP contribution in [0.3, 0.4) is 0 Å². The van der Waals surface area contributed by atoms with Gasteiger partial charge in [0.2, 0.25) is 0 Å². The zero-order chi connectivity index (χ0) is 15.8. The number of anilines is 2. The van der Waals surface area contributed by atoms with E-state index in [4.69, 9.17) is 0 Å². The van der Waals surface area contributed by atoms with E-state index in [0.29, 0.717) is 12.0 Å². The molecule has 2 nitrogen and oxygen atoms in total. The summed E-state index contributed by atoms with van der Waals surface area (Å²) in [4.78, 5) is 5.25. The molecule has 2 aliphatic rings. The van der Waals surface area contributed by atoms with Crippen LogP contribution in [0.1, 0.15) is 31.7 Å². The van der Waals surface area contributed by atoms with Crippen molar-refractivity contribution >= 4 is 11.4 Å². The predicted molar refractivity (Wildman–Crippen MR) is 97.4 cm³/mol. The Bertz CT molecular complexity index is 665. The Morgan fingerprint density at radius 3 is 2.52 bits per heavy atom. The molecule has 4 rings (SSSR count). The normalized spacial score (nSPS) is 23.9. The maximum atomic E-state index is 2.66. The van der Waals surface area contributed by atoms with Crippen molar-refractivity contribution in [2.24, 2.45) is 5.92 Å². The molecule has 0 bridgehead atoms. The second-order valence-corrected chi connectivity index (χ2v) is 7.38. The number of rotatable bonds is 3. The van der Waals surface area contributed by atoms with Gasteiger partial charge >= 0.3 is 0 Å². The molecule has 0 amide bonds. The maximum absolute atomic E-state index is 2.66. The Labute approximate surface area is 139 Å². The molecular formula is C21H26N2. The van der Waals surface area contributed by atoms with Crippen LogP contribution in [0.15, 0.2) is 54.6 Å². The standard InChI is InChI=1S/C21H26N2/c1-16(2)14-22-13-12-21-19(15-22)18-10-6-7-11-20(18)23(21)17-8-4-3-5-9-17/h3-11,16,19,21H,12-15H2,1-2H3/t19-,21+/m0/s1. The van der Waals surface area contributed by atoms with Gasteiger partial charge in [0.25, 0.3) is 0 Å². The molecule has 0 unspecified atom stereocenters. The first-order chi connectivity index (χ1) is 11.2. The van der Waals surface area contributed by atoms with Crippen LogP contribution in [0.25, 0.3) is 0 Å². The van der Waals surface area contributed by atoms with E-state index in [1.165, 1.54) is 43.0 Å². The first-order valence-corrected chi connectivity index (χ1v) is 8.89. The summed E-state index contributed by atoms with van der Waals surface area (Å²) in [5, 5.41) is 0. The summed E-state index contributed by atoms with van der Waals surface area (Å²) in [5.41, 5.74) is 4.29. The Balaban J connectivity index is 1.69. The van der Waals surface area contributed by atoms with E-state index in [2.05, 4.69) is 78.2 Å². The van der Waals surface area contributed by atoms with Gasteiger partial charge in [-0.2, -0.15) is 0 Å². The molecule has 2 aliphatic heterocycles. The first kappa shape index (κ1) is 14.8. The predicted octanol–water partition coefficient (Wildman–Crippen LogP) is 4.65. The van der Waals surface area contributed by atoms with Crippen LogP contribution in [0, 0.1) is 5.92 Å². The third-order valence-corrected chi connectivity index (χ3v) is 5.25. The lowest BCUT2D eigenvalue weighted by molar-refractivity contribution is 0.178. The number of para-hydroxylation sites is 2. The summed E-state index contributed by atoms with van der Waals surface area (Å²) in [6.07, 6.45) is 1.25. The number of likely N-dealkylation sites (tertiary alicyclic amines) is 1. The van der Waals surface area contributed by atoms with Gasteiger partial charge in [-0.25, -0.2) is 0 Å². The van der Waals surface area contributed by atoms with Crippen LogP contribution in [0.4, 0.5) is 11.4 Å². The van der Waals surface area contributed by atoms with E-state index >= 15 is 0 Å². The molecule has 0 spiro atoms. The summed E-state index contributed by atoms with van der Waals surface area (Å²) in [7, 11) is 0. The van der Waals surface area contributed by atoms with E-state index in [0.717, 1.165) is 5.92 Å². The molecule has 120 valence electrons. The zero-order valence-corrected chi connectivity index (χ0v) is 14.2. The van der Waals surface area contributed by atoms with Gasteiger partial charge in [0.05, 0.1) is 0 Å². The number of piperidine rings is 1. The molecule has 2 heteroatoms. The second-order valence-electron chi connectivity index (χ2n) is 7.38. The van der Waals surface area contributed by atoms with Crippen molar-refractivity contribution in [3.05, 3.63) is 60.2 Å². The highest BCUT2D eigenvalue weighted by molar-refractivity contribution is 5.72. The van der Waals surface area contributed by atoms with Crippen molar-refractivity contribution in [3.63, 3.8) is 0 Å². The molecule has 1 saturated heterocycles. The molecule has 2 aromatic rings. The average molecular weight is 306 g/mol. The molecule has 0 aromatic heterocycles. The maximum Gasteiger partial charge on any atom is 0.0450 e. The summed E-state index contributed by atoms with van der Waals surface area (Å²) in [5.74, 6) is 1.38. The Hall–Kier alpha value is -1.80. The Morgan fingerprint density at radius 2 is 1.74 bits per heavy atom. The zero-order valence-electron chi connectivity index (χ0n) is 14.2. The average Bonchev–Trinajstić information content (AvgIpc) is 2.89. The molecule has 23 heavy (non-hydrogen) atoms. The lowest BCUT2D eigenvalue weighted by Gasteiger charge is -2.39. The van der Waals surface area contributed by atoms with Crippen LogP contribution in [0.2, 0.25) is 0 Å². The molecule has 0 aliphatic carbocycles. The van der Waals surface area contributed by atoms with Crippen molar-refractivity contribution in [3.8, 4) is 0 Å². The fourth-order valence-corrected chi connectivity index (χ4v) is 4.42. The molecule has 2 aromatic carbocycles. The Morgan fingerprint density at radius 1 is 1.00 bits per heavy atom. The molecule has 0 radical (unpaired) electrons. The number of fused-ring (bicyclic) bond motifs is 3. The fraction of sp³-hybridized carbons (Fsp3) is 0.429. The third kappa shape index (κ3) is 2.66. The minimum absolute atomic E-state index is 0.609. The van der Waals surface area contributed by atoms with Crippen molar-refractivity contribution in [2.75, 3.05) is 24.5 Å². The smallest absolute Gasteiger partial charge is 0.0450 e. The molecule has 1 fully saturated rings. The SMILES string of the molecule is CC(C)CN1CC[C@@H]2[C@@H](C1)c1ccccc1N2c1ccccc1. The minimum Gasteiger partial charge on any atom is -0.337 e. The summed E-state index contributed by atoms with van der Waals surface area (Å²) < 4.78 is 0. The van der Waals surface area contributed by atoms with Crippen LogP contribution < -0.4 is 4.90 Å². The van der Waals surface area contributed by atoms with Gasteiger partial charge in [-0.3, -0.25) is 0 Å². The van der Waals surface area contributed by atoms with Crippen molar-refractivity contribution < 1.29 is 0 Å². The molecule has 2 atom stereocenters. The topological polar surface area (TPSA) is 6.48 Å². The second kappa shape index (κ2) is 6.01. The molecular weight excluding hydrogens is 280 g/mol. The highest BCUT2D eigenvalue weighted by Gasteiger charge is 2.42. The first-order valence-electron chi connectivity index (χ1n) is 8.89. The fourth-order valence-electron chi connectivity index (χ4n) is 4.42. The van der Waals surface area contributed by atoms with Crippen LogP contribution >= 0.6 is 0 Å². The van der Waals surface area contributed by atoms with E-state index in [1.807, 2.05) is 0 Å². The van der Waals surface area contributed by atoms with Gasteiger partial charge < -0.3 is 9.80 Å². The van der Waals surface area contributed by atoms with Gasteiger partial charge in [-0.15, -0.1) is 0 Å². The minimum atomic E-state index is 0.609. The lowest BCUT2D eigenvalue weighted by atomic mass is 9.88. The summed E-state index contributed by atoms with van der Waals surface area (Å²) in [6, 6.07) is 20.5.